The molecule has 0 spiro atoms. The summed E-state index contributed by atoms with van der Waals surface area (Å²) in [7, 11) is 0. The first-order valence-corrected chi connectivity index (χ1v) is 20.3. The van der Waals surface area contributed by atoms with Crippen molar-refractivity contribution in [3.8, 4) is 17.2 Å². The number of phenols is 3. The van der Waals surface area contributed by atoms with Crippen LogP contribution in [0.15, 0.2) is 72.8 Å². The van der Waals surface area contributed by atoms with E-state index in [4.69, 9.17) is 5.73 Å². The van der Waals surface area contributed by atoms with Crippen LogP contribution in [0, 0.1) is 0 Å². The zero-order valence-electron chi connectivity index (χ0n) is 32.5. The van der Waals surface area contributed by atoms with Gasteiger partial charge in [0.1, 0.15) is 17.2 Å². The third-order valence-electron chi connectivity index (χ3n) is 11.4. The lowest BCUT2D eigenvalue weighted by Crippen LogP contribution is -2.54. The molecule has 3 aromatic rings. The average molecular weight is 746 g/mol. The number of hydrogen-bond donors (Lipinski definition) is 9. The van der Waals surface area contributed by atoms with Crippen molar-refractivity contribution >= 4 is 0 Å². The highest BCUT2D eigenvalue weighted by atomic mass is 16.3. The van der Waals surface area contributed by atoms with E-state index in [1.165, 1.54) is 17.5 Å². The number of aromatic hydroxyl groups is 3. The van der Waals surface area contributed by atoms with Gasteiger partial charge in [0.25, 0.3) is 0 Å². The fourth-order valence-electron chi connectivity index (χ4n) is 8.27. The van der Waals surface area contributed by atoms with E-state index in [-0.39, 0.29) is 41.4 Å². The maximum absolute atomic E-state index is 10.7. The lowest BCUT2D eigenvalue weighted by molar-refractivity contribution is 0.104. The van der Waals surface area contributed by atoms with E-state index in [9.17, 15) is 20.4 Å². The standard InChI is InChI=1S/C43H67N7O4/c1-3-45-35(22-32-8-14-40(52)15-9-32)26-46-36(23-33-10-16-41(53)17-11-33)27-47-37(24-34-12-18-42(54)19-13-34)29-49-20-5-7-39(49)28-48-43(31(2)51)30-50-21-4-6-38(50)25-44/h8-19,31,35-39,43,45-48,51-54H,3-7,20-30,44H2,1-2H3/t31-,35+,36+,37+,38+,39+,43+/m1/s1. The number of nitrogens with two attached hydrogens (primary N) is 1. The number of benzene rings is 3. The predicted molar refractivity (Wildman–Crippen MR) is 218 cm³/mol. The summed E-state index contributed by atoms with van der Waals surface area (Å²) >= 11 is 0. The van der Waals surface area contributed by atoms with Crippen LogP contribution in [0.25, 0.3) is 0 Å². The number of aliphatic hydroxyl groups is 1. The van der Waals surface area contributed by atoms with E-state index in [2.05, 4.69) is 38.0 Å². The van der Waals surface area contributed by atoms with Gasteiger partial charge in [0.05, 0.1) is 6.10 Å². The highest BCUT2D eigenvalue weighted by Crippen LogP contribution is 2.21. The Morgan fingerprint density at radius 3 is 1.56 bits per heavy atom. The van der Waals surface area contributed by atoms with Crippen LogP contribution < -0.4 is 27.0 Å². The molecule has 2 heterocycles. The predicted octanol–water partition coefficient (Wildman–Crippen LogP) is 2.95. The average Bonchev–Trinajstić information content (AvgIpc) is 3.82. The Labute approximate surface area is 323 Å². The van der Waals surface area contributed by atoms with Gasteiger partial charge in [-0.05, 0) is 125 Å². The molecule has 2 aliphatic rings. The van der Waals surface area contributed by atoms with Crippen LogP contribution in [0.4, 0.5) is 0 Å². The molecule has 11 nitrogen and oxygen atoms in total. The Hall–Kier alpha value is -3.26. The van der Waals surface area contributed by atoms with Gasteiger partial charge in [-0.1, -0.05) is 43.3 Å². The van der Waals surface area contributed by atoms with Crippen molar-refractivity contribution in [3.05, 3.63) is 89.5 Å². The summed E-state index contributed by atoms with van der Waals surface area (Å²) in [6.07, 6.45) is 6.60. The number of nitrogens with one attached hydrogen (secondary N) is 4. The number of hydrogen-bond acceptors (Lipinski definition) is 11. The third kappa shape index (κ3) is 13.5. The minimum atomic E-state index is -0.450. The van der Waals surface area contributed by atoms with E-state index >= 15 is 0 Å². The van der Waals surface area contributed by atoms with Crippen molar-refractivity contribution in [3.63, 3.8) is 0 Å². The summed E-state index contributed by atoms with van der Waals surface area (Å²) in [4.78, 5) is 5.06. The molecule has 7 atom stereocenters. The molecule has 54 heavy (non-hydrogen) atoms. The molecule has 2 fully saturated rings. The molecule has 0 radical (unpaired) electrons. The zero-order chi connectivity index (χ0) is 38.3. The molecule has 2 saturated heterocycles. The second kappa shape index (κ2) is 21.7. The van der Waals surface area contributed by atoms with Gasteiger partial charge in [0.15, 0.2) is 0 Å². The Bertz CT molecular complexity index is 1480. The van der Waals surface area contributed by atoms with Gasteiger partial charge in [0, 0.05) is 75.5 Å². The molecule has 10 N–H and O–H groups in total. The maximum atomic E-state index is 10.7. The molecular formula is C43H67N7O4. The number of aliphatic hydroxyl groups excluding tert-OH is 1. The highest BCUT2D eigenvalue weighted by Gasteiger charge is 2.31. The van der Waals surface area contributed by atoms with E-state index in [0.717, 1.165) is 96.4 Å². The van der Waals surface area contributed by atoms with Crippen LogP contribution >= 0.6 is 0 Å². The Morgan fingerprint density at radius 2 is 1.07 bits per heavy atom. The number of phenolic OH excluding ortho intramolecular Hbond substituents is 3. The van der Waals surface area contributed by atoms with Gasteiger partial charge in [-0.15, -0.1) is 0 Å². The molecule has 5 rings (SSSR count). The normalized spacial score (nSPS) is 20.9. The fraction of sp³-hybridized carbons (Fsp3) is 0.581. The quantitative estimate of drug-likeness (QED) is 0.0703. The molecule has 298 valence electrons. The van der Waals surface area contributed by atoms with E-state index < -0.39 is 6.10 Å². The monoisotopic (exact) mass is 746 g/mol. The maximum Gasteiger partial charge on any atom is 0.115 e. The van der Waals surface area contributed by atoms with Gasteiger partial charge >= 0.3 is 0 Å². The van der Waals surface area contributed by atoms with Gasteiger partial charge in [0.2, 0.25) is 0 Å². The van der Waals surface area contributed by atoms with Crippen molar-refractivity contribution in [2.24, 2.45) is 5.73 Å². The summed E-state index contributed by atoms with van der Waals surface area (Å²) in [6, 6.07) is 23.8. The summed E-state index contributed by atoms with van der Waals surface area (Å²) < 4.78 is 0. The topological polar surface area (TPSA) is 162 Å². The summed E-state index contributed by atoms with van der Waals surface area (Å²) in [5.41, 5.74) is 9.58. The number of rotatable bonds is 23. The third-order valence-corrected chi connectivity index (χ3v) is 11.4. The van der Waals surface area contributed by atoms with Gasteiger partial charge in [-0.2, -0.15) is 0 Å². The second-order valence-electron chi connectivity index (χ2n) is 15.6. The smallest absolute Gasteiger partial charge is 0.115 e. The first-order chi connectivity index (χ1) is 26.2. The van der Waals surface area contributed by atoms with Crippen LogP contribution in [0.2, 0.25) is 0 Å². The molecule has 0 bridgehead atoms. The summed E-state index contributed by atoms with van der Waals surface area (Å²) in [5.74, 6) is 0.813. The molecule has 0 unspecified atom stereocenters. The molecule has 0 aromatic heterocycles. The Morgan fingerprint density at radius 1 is 0.630 bits per heavy atom. The van der Waals surface area contributed by atoms with Crippen LogP contribution in [-0.2, 0) is 19.3 Å². The lowest BCUT2D eigenvalue weighted by Gasteiger charge is -2.34. The molecule has 3 aromatic carbocycles. The SMILES string of the molecule is CCN[C@H](CN[C@H](CN[C@@H](Cc1ccc(O)cc1)CN1CCC[C@H]1CN[C@@H](CN1CCC[C@H]1CN)[C@@H](C)O)Cc1ccc(O)cc1)Cc1ccc(O)cc1. The van der Waals surface area contributed by atoms with Crippen LogP contribution in [0.5, 0.6) is 17.2 Å². The first kappa shape index (κ1) is 41.9. The first-order valence-electron chi connectivity index (χ1n) is 20.3. The zero-order valence-corrected chi connectivity index (χ0v) is 32.5. The number of nitrogens with zero attached hydrogens (tertiary/aromatic N) is 2. The van der Waals surface area contributed by atoms with Crippen molar-refractivity contribution in [2.75, 3.05) is 58.9 Å². The van der Waals surface area contributed by atoms with Crippen LogP contribution in [0.3, 0.4) is 0 Å². The van der Waals surface area contributed by atoms with Crippen molar-refractivity contribution in [2.45, 2.75) is 101 Å². The van der Waals surface area contributed by atoms with Gasteiger partial charge in [-0.3, -0.25) is 9.80 Å². The van der Waals surface area contributed by atoms with Crippen molar-refractivity contribution in [1.82, 2.24) is 31.1 Å². The molecule has 0 aliphatic carbocycles. The number of likely N-dealkylation sites (N-methyl/N-ethyl adjacent to an activating group) is 1. The van der Waals surface area contributed by atoms with Crippen molar-refractivity contribution < 1.29 is 20.4 Å². The van der Waals surface area contributed by atoms with Gasteiger partial charge in [-0.25, -0.2) is 0 Å². The minimum absolute atomic E-state index is 0.00249. The Kier molecular flexibility index (Phi) is 16.9. The molecular weight excluding hydrogens is 679 g/mol. The molecule has 0 amide bonds. The van der Waals surface area contributed by atoms with E-state index in [1.54, 1.807) is 36.4 Å². The lowest BCUT2D eigenvalue weighted by atomic mass is 10.0. The number of likely N-dealkylation sites (tertiary alicyclic amines) is 2. The Balaban J connectivity index is 1.25. The molecule has 0 saturated carbocycles. The largest absolute Gasteiger partial charge is 0.508 e. The minimum Gasteiger partial charge on any atom is -0.508 e. The van der Waals surface area contributed by atoms with E-state index in [1.807, 2.05) is 43.3 Å². The summed E-state index contributed by atoms with van der Waals surface area (Å²) in [6.45, 7) is 11.7. The van der Waals surface area contributed by atoms with Crippen LogP contribution in [0.1, 0.15) is 56.2 Å². The van der Waals surface area contributed by atoms with Gasteiger partial charge < -0.3 is 47.4 Å². The highest BCUT2D eigenvalue weighted by molar-refractivity contribution is 5.28. The second-order valence-corrected chi connectivity index (χ2v) is 15.6. The summed E-state index contributed by atoms with van der Waals surface area (Å²) in [5, 5.41) is 55.7. The van der Waals surface area contributed by atoms with Crippen molar-refractivity contribution in [1.29, 1.82) is 0 Å². The molecule has 11 heteroatoms. The fourth-order valence-corrected chi connectivity index (χ4v) is 8.27. The molecule has 2 aliphatic heterocycles. The van der Waals surface area contributed by atoms with Crippen LogP contribution in [-0.4, -0.2) is 131 Å². The van der Waals surface area contributed by atoms with E-state index in [0.29, 0.717) is 18.6 Å².